The van der Waals surface area contributed by atoms with Gasteiger partial charge in [-0.2, -0.15) is 4.98 Å². The van der Waals surface area contributed by atoms with E-state index in [4.69, 9.17) is 0 Å². The minimum atomic E-state index is -0.853. The molecule has 1 aromatic heterocycles. The molecule has 0 spiro atoms. The molecule has 0 aliphatic carbocycles. The Balaban J connectivity index is 2.44. The molecular formula is C13H24N8O. The molecule has 1 aliphatic heterocycles. The number of nitrogens with zero attached hydrogens (tertiary/aromatic N) is 3. The van der Waals surface area contributed by atoms with Crippen molar-refractivity contribution in [1.82, 2.24) is 20.6 Å². The third-order valence-corrected chi connectivity index (χ3v) is 3.16. The molecule has 1 aromatic rings. The van der Waals surface area contributed by atoms with Gasteiger partial charge in [-0.15, -0.1) is 0 Å². The van der Waals surface area contributed by atoms with E-state index in [2.05, 4.69) is 41.5 Å². The minimum absolute atomic E-state index is 0.187. The van der Waals surface area contributed by atoms with Gasteiger partial charge < -0.3 is 26.4 Å². The van der Waals surface area contributed by atoms with Crippen LogP contribution in [0.15, 0.2) is 4.99 Å². The van der Waals surface area contributed by atoms with Gasteiger partial charge in [0.1, 0.15) is 17.5 Å². The van der Waals surface area contributed by atoms with E-state index in [9.17, 15) is 5.11 Å². The summed E-state index contributed by atoms with van der Waals surface area (Å²) in [6.07, 6.45) is -0.187. The van der Waals surface area contributed by atoms with E-state index in [0.29, 0.717) is 24.3 Å². The zero-order valence-electron chi connectivity index (χ0n) is 13.6. The molecule has 0 radical (unpaired) electrons. The summed E-state index contributed by atoms with van der Waals surface area (Å²) < 4.78 is 0. The highest BCUT2D eigenvalue weighted by atomic mass is 16.3. The summed E-state index contributed by atoms with van der Waals surface area (Å²) in [5, 5.41) is 25.5. The Morgan fingerprint density at radius 3 is 2.59 bits per heavy atom. The number of nitrogens with one attached hydrogen (secondary N) is 5. The highest BCUT2D eigenvalue weighted by Gasteiger charge is 2.27. The molecule has 1 atom stereocenters. The van der Waals surface area contributed by atoms with E-state index < -0.39 is 5.60 Å². The molecule has 6 N–H and O–H groups in total. The fraction of sp³-hybridized carbons (Fsp3) is 0.615. The van der Waals surface area contributed by atoms with Gasteiger partial charge in [0.15, 0.2) is 11.8 Å². The zero-order chi connectivity index (χ0) is 16.3. The first kappa shape index (κ1) is 16.2. The quantitative estimate of drug-likeness (QED) is 0.447. The maximum Gasteiger partial charge on any atom is 0.224 e. The minimum Gasteiger partial charge on any atom is -0.389 e. The first-order chi connectivity index (χ1) is 10.4. The lowest BCUT2D eigenvalue weighted by Crippen LogP contribution is -2.45. The molecule has 2 heterocycles. The van der Waals surface area contributed by atoms with Gasteiger partial charge in [-0.1, -0.05) is 0 Å². The van der Waals surface area contributed by atoms with Crippen molar-refractivity contribution in [2.24, 2.45) is 4.99 Å². The van der Waals surface area contributed by atoms with Gasteiger partial charge in [0, 0.05) is 20.6 Å². The number of aromatic nitrogens is 2. The molecule has 1 aliphatic rings. The van der Waals surface area contributed by atoms with Crippen LogP contribution in [0.4, 0.5) is 17.5 Å². The fourth-order valence-electron chi connectivity index (χ4n) is 2.04. The Labute approximate surface area is 130 Å². The summed E-state index contributed by atoms with van der Waals surface area (Å²) in [7, 11) is 5.30. The van der Waals surface area contributed by atoms with Crippen molar-refractivity contribution in [3.8, 4) is 0 Å². The molecule has 9 nitrogen and oxygen atoms in total. The molecule has 9 heteroatoms. The second kappa shape index (κ2) is 6.32. The Bertz CT molecular complexity index is 566. The first-order valence-electron chi connectivity index (χ1n) is 7.11. The number of rotatable bonds is 5. The van der Waals surface area contributed by atoms with Crippen LogP contribution in [-0.4, -0.2) is 54.3 Å². The lowest BCUT2D eigenvalue weighted by Gasteiger charge is -2.30. The highest BCUT2D eigenvalue weighted by molar-refractivity contribution is 5.99. The van der Waals surface area contributed by atoms with Crippen LogP contribution >= 0.6 is 0 Å². The summed E-state index contributed by atoms with van der Waals surface area (Å²) in [5.41, 5.74) is 0.656. The lowest BCUT2D eigenvalue weighted by molar-refractivity contribution is 0.0944. The van der Waals surface area contributed by atoms with Crippen LogP contribution in [0.3, 0.4) is 0 Å². The fourth-order valence-corrected chi connectivity index (χ4v) is 2.04. The van der Waals surface area contributed by atoms with Crippen LogP contribution in [0.1, 0.15) is 25.7 Å². The van der Waals surface area contributed by atoms with Crippen LogP contribution in [0.2, 0.25) is 0 Å². The van der Waals surface area contributed by atoms with Crippen LogP contribution in [-0.2, 0) is 0 Å². The average molecular weight is 308 g/mol. The normalized spacial score (nSPS) is 19.2. The van der Waals surface area contributed by atoms with E-state index in [1.165, 1.54) is 0 Å². The highest BCUT2D eigenvalue weighted by Crippen LogP contribution is 2.31. The maximum atomic E-state index is 9.92. The number of guanidine groups is 1. The molecule has 0 amide bonds. The van der Waals surface area contributed by atoms with E-state index in [1.807, 2.05) is 7.05 Å². The van der Waals surface area contributed by atoms with Gasteiger partial charge in [0.25, 0.3) is 0 Å². The second-order valence-electron chi connectivity index (χ2n) is 5.64. The number of fused-ring (bicyclic) bond motifs is 1. The predicted octanol–water partition coefficient (Wildman–Crippen LogP) is -0.0800. The third-order valence-electron chi connectivity index (χ3n) is 3.16. The SMILES string of the molecule is CN=C1Nc2c(NCC(C)(C)O)nc(NC)nc2C(NC)N1. The lowest BCUT2D eigenvalue weighted by atomic mass is 10.1. The largest absolute Gasteiger partial charge is 0.389 e. The number of aliphatic imine (C=N–C) groups is 1. The third kappa shape index (κ3) is 3.55. The summed E-state index contributed by atoms with van der Waals surface area (Å²) in [4.78, 5) is 13.1. The van der Waals surface area contributed by atoms with Gasteiger partial charge in [-0.05, 0) is 20.9 Å². The number of aliphatic hydroxyl groups is 1. The second-order valence-corrected chi connectivity index (χ2v) is 5.64. The van der Waals surface area contributed by atoms with Gasteiger partial charge in [-0.3, -0.25) is 10.3 Å². The zero-order valence-corrected chi connectivity index (χ0v) is 13.6. The molecule has 0 fully saturated rings. The van der Waals surface area contributed by atoms with Crippen LogP contribution < -0.4 is 26.6 Å². The first-order valence-corrected chi connectivity index (χ1v) is 7.11. The molecule has 0 bridgehead atoms. The molecule has 122 valence electrons. The predicted molar refractivity (Wildman–Crippen MR) is 88.3 cm³/mol. The van der Waals surface area contributed by atoms with Crippen LogP contribution in [0.25, 0.3) is 0 Å². The summed E-state index contributed by atoms with van der Waals surface area (Å²) in [5.74, 6) is 1.73. The molecular weight excluding hydrogens is 284 g/mol. The van der Waals surface area contributed by atoms with Crippen molar-refractivity contribution in [3.63, 3.8) is 0 Å². The Kier molecular flexibility index (Phi) is 4.67. The molecule has 1 unspecified atom stereocenters. The van der Waals surface area contributed by atoms with Crippen molar-refractivity contribution in [3.05, 3.63) is 5.69 Å². The van der Waals surface area contributed by atoms with Crippen molar-refractivity contribution in [2.45, 2.75) is 25.6 Å². The van der Waals surface area contributed by atoms with Crippen molar-refractivity contribution in [1.29, 1.82) is 0 Å². The summed E-state index contributed by atoms with van der Waals surface area (Å²) in [6.45, 7) is 3.82. The van der Waals surface area contributed by atoms with Gasteiger partial charge in [-0.25, -0.2) is 4.98 Å². The topological polar surface area (TPSA) is 119 Å². The molecule has 0 saturated heterocycles. The molecule has 2 rings (SSSR count). The molecule has 0 aromatic carbocycles. The summed E-state index contributed by atoms with van der Waals surface area (Å²) in [6, 6.07) is 0. The van der Waals surface area contributed by atoms with Crippen LogP contribution in [0, 0.1) is 0 Å². The van der Waals surface area contributed by atoms with E-state index in [1.54, 1.807) is 27.9 Å². The van der Waals surface area contributed by atoms with Gasteiger partial charge in [0.2, 0.25) is 5.95 Å². The molecule has 0 saturated carbocycles. The average Bonchev–Trinajstić information content (AvgIpc) is 2.50. The maximum absolute atomic E-state index is 9.92. The van der Waals surface area contributed by atoms with E-state index in [0.717, 1.165) is 11.4 Å². The van der Waals surface area contributed by atoms with Gasteiger partial charge >= 0.3 is 0 Å². The van der Waals surface area contributed by atoms with E-state index in [-0.39, 0.29) is 6.17 Å². The number of anilines is 3. The van der Waals surface area contributed by atoms with Crippen LogP contribution in [0.5, 0.6) is 0 Å². The monoisotopic (exact) mass is 308 g/mol. The Hall–Kier alpha value is -2.13. The number of hydrogen-bond donors (Lipinski definition) is 6. The van der Waals surface area contributed by atoms with Crippen molar-refractivity contribution < 1.29 is 5.11 Å². The number of hydrogen-bond acceptors (Lipinski definition) is 7. The van der Waals surface area contributed by atoms with Gasteiger partial charge in [0.05, 0.1) is 5.60 Å². The summed E-state index contributed by atoms with van der Waals surface area (Å²) >= 11 is 0. The van der Waals surface area contributed by atoms with Crippen molar-refractivity contribution in [2.75, 3.05) is 43.6 Å². The molecule has 22 heavy (non-hydrogen) atoms. The van der Waals surface area contributed by atoms with Crippen molar-refractivity contribution >= 4 is 23.4 Å². The Morgan fingerprint density at radius 2 is 2.05 bits per heavy atom. The smallest absolute Gasteiger partial charge is 0.224 e. The Morgan fingerprint density at radius 1 is 1.32 bits per heavy atom. The van der Waals surface area contributed by atoms with E-state index >= 15 is 0 Å². The standard InChI is InChI=1S/C13H24N8O/c1-13(2,22)6-17-10-8-7(18-12(16-5)21-10)9(14-3)20-11(15-4)19-8/h9,14,22H,6H2,1-5H3,(H2,15,19,20)(H2,16,17,18,21).